The largest absolute Gasteiger partial charge is 0.330 e. The van der Waals surface area contributed by atoms with Gasteiger partial charge >= 0.3 is 0 Å². The van der Waals surface area contributed by atoms with Crippen LogP contribution in [-0.2, 0) is 16.3 Å². The smallest absolute Gasteiger partial charge is 0.150 e. The highest BCUT2D eigenvalue weighted by atomic mass is 79.9. The SMILES string of the molecule is NCC(Cc1cc(Br)cs1)C1CCS(=O)(=O)C1. The van der Waals surface area contributed by atoms with Crippen LogP contribution < -0.4 is 5.73 Å². The summed E-state index contributed by atoms with van der Waals surface area (Å²) in [6.45, 7) is 0.565. The monoisotopic (exact) mass is 337 g/mol. The molecule has 0 amide bonds. The predicted octanol–water partition coefficient (Wildman–Crippen LogP) is 2.06. The first-order valence-electron chi connectivity index (χ1n) is 5.63. The van der Waals surface area contributed by atoms with Gasteiger partial charge in [-0.05, 0) is 53.2 Å². The second-order valence-corrected chi connectivity index (χ2v) is 8.73. The Hall–Kier alpha value is 0.0900. The molecule has 3 nitrogen and oxygen atoms in total. The molecule has 17 heavy (non-hydrogen) atoms. The second-order valence-electron chi connectivity index (χ2n) is 4.59. The van der Waals surface area contributed by atoms with Crippen LogP contribution >= 0.6 is 27.3 Å². The van der Waals surface area contributed by atoms with Crippen LogP contribution in [0.1, 0.15) is 11.3 Å². The summed E-state index contributed by atoms with van der Waals surface area (Å²) in [5.41, 5.74) is 5.79. The Labute approximate surface area is 114 Å². The topological polar surface area (TPSA) is 60.2 Å². The first-order valence-corrected chi connectivity index (χ1v) is 9.13. The van der Waals surface area contributed by atoms with Gasteiger partial charge in [0.25, 0.3) is 0 Å². The van der Waals surface area contributed by atoms with Gasteiger partial charge in [0, 0.05) is 14.7 Å². The normalized spacial score (nSPS) is 24.9. The Bertz CT molecular complexity index is 483. The van der Waals surface area contributed by atoms with E-state index in [1.165, 1.54) is 4.88 Å². The van der Waals surface area contributed by atoms with Crippen molar-refractivity contribution < 1.29 is 8.42 Å². The lowest BCUT2D eigenvalue weighted by atomic mass is 9.88. The van der Waals surface area contributed by atoms with Gasteiger partial charge in [0.1, 0.15) is 0 Å². The highest BCUT2D eigenvalue weighted by Gasteiger charge is 2.33. The lowest BCUT2D eigenvalue weighted by Gasteiger charge is -2.19. The number of rotatable bonds is 4. The second kappa shape index (κ2) is 5.38. The van der Waals surface area contributed by atoms with Gasteiger partial charge in [-0.3, -0.25) is 0 Å². The van der Waals surface area contributed by atoms with E-state index in [-0.39, 0.29) is 11.8 Å². The van der Waals surface area contributed by atoms with Crippen molar-refractivity contribution in [3.8, 4) is 0 Å². The minimum Gasteiger partial charge on any atom is -0.330 e. The highest BCUT2D eigenvalue weighted by molar-refractivity contribution is 9.10. The van der Waals surface area contributed by atoms with Crippen LogP contribution in [0.4, 0.5) is 0 Å². The molecular formula is C11H16BrNO2S2. The van der Waals surface area contributed by atoms with E-state index in [1.807, 2.05) is 5.38 Å². The van der Waals surface area contributed by atoms with Gasteiger partial charge in [-0.15, -0.1) is 11.3 Å². The van der Waals surface area contributed by atoms with E-state index in [4.69, 9.17) is 5.73 Å². The van der Waals surface area contributed by atoms with Crippen molar-refractivity contribution in [3.63, 3.8) is 0 Å². The minimum atomic E-state index is -2.80. The molecule has 1 aliphatic heterocycles. The van der Waals surface area contributed by atoms with E-state index in [9.17, 15) is 8.42 Å². The molecule has 0 aliphatic carbocycles. The third kappa shape index (κ3) is 3.53. The van der Waals surface area contributed by atoms with Crippen LogP contribution in [0, 0.1) is 11.8 Å². The number of thiophene rings is 1. The summed E-state index contributed by atoms with van der Waals surface area (Å²) in [6, 6.07) is 2.09. The molecule has 0 bridgehead atoms. The Kier molecular flexibility index (Phi) is 4.28. The first-order chi connectivity index (χ1) is 8.00. The standard InChI is InChI=1S/C11H16BrNO2S2/c12-10-4-11(16-6-10)3-9(5-13)8-1-2-17(14,15)7-8/h4,6,8-9H,1-3,5,7,13H2. The molecule has 1 aromatic heterocycles. The fourth-order valence-corrected chi connectivity index (χ4v) is 5.82. The van der Waals surface area contributed by atoms with Crippen molar-refractivity contribution in [2.45, 2.75) is 12.8 Å². The van der Waals surface area contributed by atoms with Gasteiger partial charge < -0.3 is 5.73 Å². The number of hydrogen-bond donors (Lipinski definition) is 1. The zero-order valence-electron chi connectivity index (χ0n) is 9.43. The van der Waals surface area contributed by atoms with E-state index in [1.54, 1.807) is 11.3 Å². The fourth-order valence-electron chi connectivity index (χ4n) is 2.36. The molecule has 2 atom stereocenters. The molecule has 1 fully saturated rings. The summed E-state index contributed by atoms with van der Waals surface area (Å²) in [5, 5.41) is 2.05. The summed E-state index contributed by atoms with van der Waals surface area (Å²) in [5.74, 6) is 1.19. The zero-order chi connectivity index (χ0) is 12.5. The summed E-state index contributed by atoms with van der Waals surface area (Å²) in [6.07, 6.45) is 1.67. The maximum absolute atomic E-state index is 11.5. The first kappa shape index (κ1) is 13.5. The maximum atomic E-state index is 11.5. The Balaban J connectivity index is 2.02. The number of halogens is 1. The molecule has 1 aromatic rings. The van der Waals surface area contributed by atoms with Crippen LogP contribution in [0.15, 0.2) is 15.9 Å². The maximum Gasteiger partial charge on any atom is 0.150 e. The number of nitrogens with two attached hydrogens (primary N) is 1. The lowest BCUT2D eigenvalue weighted by molar-refractivity contribution is 0.372. The number of hydrogen-bond acceptors (Lipinski definition) is 4. The highest BCUT2D eigenvalue weighted by Crippen LogP contribution is 2.30. The molecule has 96 valence electrons. The van der Waals surface area contributed by atoms with E-state index in [0.717, 1.165) is 17.3 Å². The van der Waals surface area contributed by atoms with Gasteiger partial charge in [0.05, 0.1) is 11.5 Å². The van der Waals surface area contributed by atoms with Crippen LogP contribution in [0.2, 0.25) is 0 Å². The Morgan fingerprint density at radius 1 is 1.59 bits per heavy atom. The summed E-state index contributed by atoms with van der Waals surface area (Å²) >= 11 is 5.13. The van der Waals surface area contributed by atoms with Crippen LogP contribution in [0.25, 0.3) is 0 Å². The van der Waals surface area contributed by atoms with Crippen molar-refractivity contribution in [2.75, 3.05) is 18.1 Å². The Morgan fingerprint density at radius 3 is 2.82 bits per heavy atom. The van der Waals surface area contributed by atoms with Gasteiger partial charge in [0.15, 0.2) is 9.84 Å². The molecule has 2 heterocycles. The van der Waals surface area contributed by atoms with Crippen LogP contribution in [0.5, 0.6) is 0 Å². The summed E-state index contributed by atoms with van der Waals surface area (Å²) in [4.78, 5) is 1.27. The third-order valence-electron chi connectivity index (χ3n) is 3.32. The average molecular weight is 338 g/mol. The zero-order valence-corrected chi connectivity index (χ0v) is 12.7. The molecule has 2 rings (SSSR count). The third-order valence-corrected chi connectivity index (χ3v) is 6.84. The number of sulfone groups is 1. The quantitative estimate of drug-likeness (QED) is 0.914. The van der Waals surface area contributed by atoms with Crippen molar-refractivity contribution in [3.05, 3.63) is 20.8 Å². The lowest BCUT2D eigenvalue weighted by Crippen LogP contribution is -2.26. The van der Waals surface area contributed by atoms with Crippen molar-refractivity contribution in [1.29, 1.82) is 0 Å². The van der Waals surface area contributed by atoms with Gasteiger partial charge in [-0.25, -0.2) is 8.42 Å². The molecule has 0 radical (unpaired) electrons. The van der Waals surface area contributed by atoms with Gasteiger partial charge in [-0.2, -0.15) is 0 Å². The molecule has 0 spiro atoms. The van der Waals surface area contributed by atoms with Gasteiger partial charge in [-0.1, -0.05) is 0 Å². The average Bonchev–Trinajstić information content (AvgIpc) is 2.81. The molecule has 6 heteroatoms. The fraction of sp³-hybridized carbons (Fsp3) is 0.636. The molecule has 1 aliphatic rings. The van der Waals surface area contributed by atoms with E-state index in [0.29, 0.717) is 18.1 Å². The molecule has 2 unspecified atom stereocenters. The summed E-state index contributed by atoms with van der Waals surface area (Å²) < 4.78 is 24.0. The molecule has 0 aromatic carbocycles. The van der Waals surface area contributed by atoms with Crippen molar-refractivity contribution >= 4 is 37.1 Å². The minimum absolute atomic E-state index is 0.242. The van der Waals surface area contributed by atoms with Crippen molar-refractivity contribution in [2.24, 2.45) is 17.6 Å². The predicted molar refractivity (Wildman–Crippen MR) is 75.0 cm³/mol. The molecule has 0 saturated carbocycles. The van der Waals surface area contributed by atoms with Gasteiger partial charge in [0.2, 0.25) is 0 Å². The van der Waals surface area contributed by atoms with E-state index >= 15 is 0 Å². The van der Waals surface area contributed by atoms with Crippen molar-refractivity contribution in [1.82, 2.24) is 0 Å². The van der Waals surface area contributed by atoms with E-state index in [2.05, 4.69) is 22.0 Å². The van der Waals surface area contributed by atoms with Crippen LogP contribution in [-0.4, -0.2) is 26.5 Å². The molecular weight excluding hydrogens is 322 g/mol. The molecule has 1 saturated heterocycles. The summed E-state index contributed by atoms with van der Waals surface area (Å²) in [7, 11) is -2.80. The Morgan fingerprint density at radius 2 is 2.35 bits per heavy atom. The van der Waals surface area contributed by atoms with Crippen LogP contribution in [0.3, 0.4) is 0 Å². The molecule has 2 N–H and O–H groups in total. The van der Waals surface area contributed by atoms with E-state index < -0.39 is 9.84 Å².